The zero-order valence-electron chi connectivity index (χ0n) is 15.4. The first-order chi connectivity index (χ1) is 13.8. The average molecular weight is 482 g/mol. The number of hydrogen-bond acceptors (Lipinski definition) is 5. The van der Waals surface area contributed by atoms with E-state index in [1.165, 1.54) is 6.92 Å². The Bertz CT molecular complexity index is 919. The Hall–Kier alpha value is -2.19. The van der Waals surface area contributed by atoms with Crippen molar-refractivity contribution < 1.29 is 23.9 Å². The van der Waals surface area contributed by atoms with Gasteiger partial charge in [0, 0.05) is 10.2 Å². The molecule has 0 radical (unpaired) electrons. The maximum absolute atomic E-state index is 12.7. The minimum atomic E-state index is -1.07. The fourth-order valence-corrected chi connectivity index (χ4v) is 4.87. The van der Waals surface area contributed by atoms with Crippen molar-refractivity contribution in [2.75, 3.05) is 11.9 Å². The molecule has 0 unspecified atom stereocenters. The SMILES string of the molecule is C[C@H](C(=O)OCC(=O)Nc1ccc(Br)c(Cl)c1)N1C(=O)[C@@H]2[C@H](C1=O)[C@H]1C=C[C@H]2C1. The number of amides is 3. The van der Waals surface area contributed by atoms with Crippen LogP contribution in [-0.4, -0.2) is 41.2 Å². The van der Waals surface area contributed by atoms with Crippen LogP contribution in [0.4, 0.5) is 5.69 Å². The highest BCUT2D eigenvalue weighted by Gasteiger charge is 2.60. The number of carbonyl (C=O) groups excluding carboxylic acids is 4. The number of esters is 1. The highest BCUT2D eigenvalue weighted by molar-refractivity contribution is 9.10. The summed E-state index contributed by atoms with van der Waals surface area (Å²) in [4.78, 5) is 50.9. The predicted molar refractivity (Wildman–Crippen MR) is 108 cm³/mol. The molecule has 3 amide bonds. The molecule has 4 rings (SSSR count). The first-order valence-electron chi connectivity index (χ1n) is 9.24. The van der Waals surface area contributed by atoms with Crippen molar-refractivity contribution in [3.8, 4) is 0 Å². The van der Waals surface area contributed by atoms with E-state index >= 15 is 0 Å². The maximum atomic E-state index is 12.7. The molecular weight excluding hydrogens is 464 g/mol. The van der Waals surface area contributed by atoms with Crippen molar-refractivity contribution in [3.05, 3.63) is 39.8 Å². The van der Waals surface area contributed by atoms with E-state index in [-0.39, 0.29) is 35.5 Å². The second-order valence-electron chi connectivity index (χ2n) is 7.51. The molecule has 1 aromatic rings. The van der Waals surface area contributed by atoms with Gasteiger partial charge in [0.05, 0.1) is 16.9 Å². The van der Waals surface area contributed by atoms with Crippen LogP contribution in [0.3, 0.4) is 0 Å². The second kappa shape index (κ2) is 7.57. The monoisotopic (exact) mass is 480 g/mol. The van der Waals surface area contributed by atoms with Gasteiger partial charge in [0.15, 0.2) is 6.61 Å². The van der Waals surface area contributed by atoms with E-state index in [0.29, 0.717) is 15.2 Å². The predicted octanol–water partition coefficient (Wildman–Crippen LogP) is 2.78. The van der Waals surface area contributed by atoms with Crippen molar-refractivity contribution in [2.24, 2.45) is 23.7 Å². The molecular formula is C20H18BrClN2O5. The molecule has 0 spiro atoms. The van der Waals surface area contributed by atoms with Gasteiger partial charge in [0.2, 0.25) is 11.8 Å². The van der Waals surface area contributed by atoms with Crippen molar-refractivity contribution in [3.63, 3.8) is 0 Å². The summed E-state index contributed by atoms with van der Waals surface area (Å²) in [5, 5.41) is 2.99. The third kappa shape index (κ3) is 3.48. The molecule has 7 nitrogen and oxygen atoms in total. The number of halogens is 2. The molecule has 1 aliphatic heterocycles. The number of fused-ring (bicyclic) bond motifs is 5. The number of allylic oxidation sites excluding steroid dienone is 2. The van der Waals surface area contributed by atoms with Crippen LogP contribution in [0.1, 0.15) is 13.3 Å². The summed E-state index contributed by atoms with van der Waals surface area (Å²) in [5.41, 5.74) is 0.452. The van der Waals surface area contributed by atoms with Gasteiger partial charge >= 0.3 is 5.97 Å². The van der Waals surface area contributed by atoms with Gasteiger partial charge in [-0.25, -0.2) is 4.79 Å². The Morgan fingerprint density at radius 3 is 2.45 bits per heavy atom. The number of imide groups is 1. The van der Waals surface area contributed by atoms with Gasteiger partial charge in [-0.1, -0.05) is 23.8 Å². The average Bonchev–Trinajstić information content (AvgIpc) is 3.36. The quantitative estimate of drug-likeness (QED) is 0.397. The molecule has 3 aliphatic rings. The molecule has 29 heavy (non-hydrogen) atoms. The molecule has 9 heteroatoms. The number of carbonyl (C=O) groups is 4. The zero-order valence-corrected chi connectivity index (χ0v) is 17.8. The number of nitrogens with zero attached hydrogens (tertiary/aromatic N) is 1. The lowest BCUT2D eigenvalue weighted by Crippen LogP contribution is -2.45. The van der Waals surface area contributed by atoms with E-state index in [4.69, 9.17) is 16.3 Å². The maximum Gasteiger partial charge on any atom is 0.329 e. The smallest absolute Gasteiger partial charge is 0.329 e. The van der Waals surface area contributed by atoms with E-state index in [0.717, 1.165) is 11.3 Å². The van der Waals surface area contributed by atoms with Crippen molar-refractivity contribution in [2.45, 2.75) is 19.4 Å². The van der Waals surface area contributed by atoms with Crippen LogP contribution in [-0.2, 0) is 23.9 Å². The number of benzene rings is 1. The van der Waals surface area contributed by atoms with Gasteiger partial charge in [-0.15, -0.1) is 0 Å². The number of ether oxygens (including phenoxy) is 1. The third-order valence-electron chi connectivity index (χ3n) is 5.78. The van der Waals surface area contributed by atoms with Gasteiger partial charge in [-0.05, 0) is 59.3 Å². The van der Waals surface area contributed by atoms with E-state index < -0.39 is 24.5 Å². The first-order valence-corrected chi connectivity index (χ1v) is 10.4. The van der Waals surface area contributed by atoms with Crippen LogP contribution in [0.15, 0.2) is 34.8 Å². The van der Waals surface area contributed by atoms with Crippen LogP contribution in [0.5, 0.6) is 0 Å². The van der Waals surface area contributed by atoms with Crippen LogP contribution in [0, 0.1) is 23.7 Å². The molecule has 2 bridgehead atoms. The Morgan fingerprint density at radius 2 is 1.86 bits per heavy atom. The Kier molecular flexibility index (Phi) is 5.25. The molecule has 1 heterocycles. The Labute approximate surface area is 180 Å². The summed E-state index contributed by atoms with van der Waals surface area (Å²) in [7, 11) is 0. The van der Waals surface area contributed by atoms with E-state index in [9.17, 15) is 19.2 Å². The molecule has 1 aromatic carbocycles. The van der Waals surface area contributed by atoms with Crippen molar-refractivity contribution in [1.82, 2.24) is 4.90 Å². The zero-order chi connectivity index (χ0) is 20.9. The number of nitrogens with one attached hydrogen (secondary N) is 1. The minimum absolute atomic E-state index is 0.0678. The van der Waals surface area contributed by atoms with E-state index in [1.54, 1.807) is 18.2 Å². The Morgan fingerprint density at radius 1 is 1.24 bits per heavy atom. The summed E-state index contributed by atoms with van der Waals surface area (Å²) in [5.74, 6) is -2.61. The number of anilines is 1. The number of hydrogen-bond donors (Lipinski definition) is 1. The van der Waals surface area contributed by atoms with Crippen LogP contribution < -0.4 is 5.32 Å². The minimum Gasteiger partial charge on any atom is -0.454 e. The molecule has 1 N–H and O–H groups in total. The molecule has 1 saturated carbocycles. The molecule has 5 atom stereocenters. The van der Waals surface area contributed by atoms with Gasteiger partial charge in [0.1, 0.15) is 6.04 Å². The van der Waals surface area contributed by atoms with Gasteiger partial charge in [-0.3, -0.25) is 19.3 Å². The van der Waals surface area contributed by atoms with Gasteiger partial charge in [-0.2, -0.15) is 0 Å². The largest absolute Gasteiger partial charge is 0.454 e. The highest BCUT2D eigenvalue weighted by atomic mass is 79.9. The summed E-state index contributed by atoms with van der Waals surface area (Å²) >= 11 is 9.23. The molecule has 152 valence electrons. The van der Waals surface area contributed by atoms with Crippen LogP contribution in [0.2, 0.25) is 5.02 Å². The normalized spacial score (nSPS) is 27.9. The van der Waals surface area contributed by atoms with E-state index in [2.05, 4.69) is 21.2 Å². The van der Waals surface area contributed by atoms with Crippen LogP contribution >= 0.6 is 27.5 Å². The lowest BCUT2D eigenvalue weighted by atomic mass is 9.85. The lowest BCUT2D eigenvalue weighted by Gasteiger charge is -2.23. The highest BCUT2D eigenvalue weighted by Crippen LogP contribution is 2.52. The summed E-state index contributed by atoms with van der Waals surface area (Å²) in [6, 6.07) is 3.79. The van der Waals surface area contributed by atoms with Gasteiger partial charge < -0.3 is 10.1 Å². The van der Waals surface area contributed by atoms with Crippen molar-refractivity contribution in [1.29, 1.82) is 0 Å². The molecule has 0 aromatic heterocycles. The molecule has 2 aliphatic carbocycles. The van der Waals surface area contributed by atoms with E-state index in [1.807, 2.05) is 12.2 Å². The summed E-state index contributed by atoms with van der Waals surface area (Å²) < 4.78 is 5.72. The Balaban J connectivity index is 1.34. The lowest BCUT2D eigenvalue weighted by molar-refractivity contribution is -0.159. The van der Waals surface area contributed by atoms with Crippen molar-refractivity contribution >= 4 is 56.9 Å². The fourth-order valence-electron chi connectivity index (χ4n) is 4.44. The summed E-state index contributed by atoms with van der Waals surface area (Å²) in [6.07, 6.45) is 4.80. The first kappa shape index (κ1) is 20.1. The second-order valence-corrected chi connectivity index (χ2v) is 8.77. The molecule has 1 saturated heterocycles. The third-order valence-corrected chi connectivity index (χ3v) is 7.01. The number of likely N-dealkylation sites (tertiary alicyclic amines) is 1. The van der Waals surface area contributed by atoms with Gasteiger partial charge in [0.25, 0.3) is 5.91 Å². The topological polar surface area (TPSA) is 92.8 Å². The molecule has 2 fully saturated rings. The fraction of sp³-hybridized carbons (Fsp3) is 0.400. The number of rotatable bonds is 5. The summed E-state index contributed by atoms with van der Waals surface area (Å²) in [6.45, 7) is 0.910. The standard InChI is InChI=1S/C20H18BrClN2O5/c1-9(24-18(26)16-10-2-3-11(6-10)17(16)19(24)27)20(28)29-8-15(25)23-12-4-5-13(21)14(22)7-12/h2-5,7,9-11,16-17H,6,8H2,1H3,(H,23,25)/t9-,10+,11+,16-,17+/m1/s1. The van der Waals surface area contributed by atoms with Crippen LogP contribution in [0.25, 0.3) is 0 Å².